The summed E-state index contributed by atoms with van der Waals surface area (Å²) in [6.45, 7) is 3.26. The van der Waals surface area contributed by atoms with Crippen LogP contribution in [0.2, 0.25) is 0 Å². The van der Waals surface area contributed by atoms with Crippen LogP contribution in [0.5, 0.6) is 0 Å². The Labute approximate surface area is 201 Å². The van der Waals surface area contributed by atoms with Crippen LogP contribution in [0.25, 0.3) is 11.3 Å². The second kappa shape index (κ2) is 9.07. The molecule has 1 aromatic heterocycles. The number of aromatic nitrogens is 2. The van der Waals surface area contributed by atoms with Gasteiger partial charge in [-0.25, -0.2) is 18.4 Å². The van der Waals surface area contributed by atoms with Gasteiger partial charge < -0.3 is 4.90 Å². The van der Waals surface area contributed by atoms with Crippen LogP contribution in [0, 0.1) is 5.92 Å². The third-order valence-electron chi connectivity index (χ3n) is 6.63. The van der Waals surface area contributed by atoms with E-state index < -0.39 is 37.1 Å². The van der Waals surface area contributed by atoms with Crippen LogP contribution in [0.3, 0.4) is 0 Å². The molecule has 1 aliphatic heterocycles. The van der Waals surface area contributed by atoms with Gasteiger partial charge in [-0.3, -0.25) is 4.79 Å². The van der Waals surface area contributed by atoms with Gasteiger partial charge in [0.05, 0.1) is 20.9 Å². The normalized spacial score (nSPS) is 17.5. The molecule has 2 heterocycles. The summed E-state index contributed by atoms with van der Waals surface area (Å²) < 4.78 is 64.7. The minimum atomic E-state index is -4.65. The van der Waals surface area contributed by atoms with Gasteiger partial charge in [0.2, 0.25) is 5.91 Å². The summed E-state index contributed by atoms with van der Waals surface area (Å²) in [4.78, 5) is 22.3. The fourth-order valence-electron chi connectivity index (χ4n) is 4.34. The first kappa shape index (κ1) is 24.8. The predicted molar refractivity (Wildman–Crippen MR) is 125 cm³/mol. The van der Waals surface area contributed by atoms with Crippen molar-refractivity contribution in [3.05, 3.63) is 72.7 Å². The van der Waals surface area contributed by atoms with Gasteiger partial charge in [0.15, 0.2) is 9.84 Å². The van der Waals surface area contributed by atoms with Gasteiger partial charge in [-0.2, -0.15) is 13.2 Å². The van der Waals surface area contributed by atoms with Crippen molar-refractivity contribution in [2.75, 3.05) is 11.4 Å². The summed E-state index contributed by atoms with van der Waals surface area (Å²) >= 11 is 0. The highest BCUT2D eigenvalue weighted by Gasteiger charge is 2.46. The van der Waals surface area contributed by atoms with Crippen molar-refractivity contribution in [1.29, 1.82) is 0 Å². The molecule has 0 radical (unpaired) electrons. The highest BCUT2D eigenvalue weighted by atomic mass is 32.2. The van der Waals surface area contributed by atoms with Crippen LogP contribution in [-0.2, 0) is 20.8 Å². The Morgan fingerprint density at radius 3 is 2.34 bits per heavy atom. The Kier molecular flexibility index (Phi) is 6.44. The van der Waals surface area contributed by atoms with Crippen LogP contribution in [0.4, 0.5) is 18.9 Å². The molecule has 0 unspecified atom stereocenters. The molecule has 35 heavy (non-hydrogen) atoms. The molecule has 1 atom stereocenters. The molecule has 2 aromatic carbocycles. The second-order valence-electron chi connectivity index (χ2n) is 9.01. The van der Waals surface area contributed by atoms with Crippen LogP contribution in [0.15, 0.2) is 72.0 Å². The maximum Gasteiger partial charge on any atom is 0.416 e. The summed E-state index contributed by atoms with van der Waals surface area (Å²) in [6.07, 6.45) is -1.20. The molecule has 10 heteroatoms. The van der Waals surface area contributed by atoms with Crippen molar-refractivity contribution >= 4 is 21.4 Å². The van der Waals surface area contributed by atoms with Gasteiger partial charge in [-0.05, 0) is 62.6 Å². The molecule has 3 aromatic rings. The minimum absolute atomic E-state index is 0.0289. The molecule has 1 amide bonds. The molecule has 1 saturated heterocycles. The molecular formula is C25H24F3N3O3S. The topological polar surface area (TPSA) is 80.2 Å². The SMILES string of the molecule is CC(C)([C@H]1CCN(c2ccc(-c3ccncn3)cc2)C(=O)C1)S(=O)(=O)c1cccc(C(F)(F)F)c1. The largest absolute Gasteiger partial charge is 0.416 e. The number of alkyl halides is 3. The second-order valence-corrected chi connectivity index (χ2v) is 11.5. The van der Waals surface area contributed by atoms with E-state index in [4.69, 9.17) is 0 Å². The maximum absolute atomic E-state index is 13.4. The van der Waals surface area contributed by atoms with Gasteiger partial charge >= 0.3 is 6.18 Å². The van der Waals surface area contributed by atoms with Crippen molar-refractivity contribution in [3.8, 4) is 11.3 Å². The van der Waals surface area contributed by atoms with Gasteiger partial charge in [-0.15, -0.1) is 0 Å². The Bertz CT molecular complexity index is 1330. The summed E-state index contributed by atoms with van der Waals surface area (Å²) in [7, 11) is -4.15. The summed E-state index contributed by atoms with van der Waals surface area (Å²) in [5.74, 6) is -0.783. The lowest BCUT2D eigenvalue weighted by atomic mass is 9.85. The number of benzene rings is 2. The Morgan fingerprint density at radius 2 is 1.74 bits per heavy atom. The Morgan fingerprint density at radius 1 is 1.03 bits per heavy atom. The summed E-state index contributed by atoms with van der Waals surface area (Å²) in [6, 6.07) is 12.8. The molecule has 6 nitrogen and oxygen atoms in total. The Balaban J connectivity index is 1.52. The van der Waals surface area contributed by atoms with Gasteiger partial charge in [0.1, 0.15) is 6.33 Å². The first-order valence-corrected chi connectivity index (χ1v) is 12.5. The summed E-state index contributed by atoms with van der Waals surface area (Å²) in [5.41, 5.74) is 1.28. The molecule has 0 spiro atoms. The Hall–Kier alpha value is -3.27. The van der Waals surface area contributed by atoms with E-state index in [-0.39, 0.29) is 12.3 Å². The highest BCUT2D eigenvalue weighted by molar-refractivity contribution is 7.92. The fraction of sp³-hybridized carbons (Fsp3) is 0.320. The van der Waals surface area contributed by atoms with Crippen LogP contribution in [-0.4, -0.2) is 35.6 Å². The smallest absolute Gasteiger partial charge is 0.312 e. The highest BCUT2D eigenvalue weighted by Crippen LogP contribution is 2.40. The number of sulfone groups is 1. The van der Waals surface area contributed by atoms with Crippen molar-refractivity contribution in [2.45, 2.75) is 42.5 Å². The monoisotopic (exact) mass is 503 g/mol. The lowest BCUT2D eigenvalue weighted by Gasteiger charge is -2.39. The van der Waals surface area contributed by atoms with Crippen LogP contribution >= 0.6 is 0 Å². The third kappa shape index (κ3) is 4.80. The number of hydrogen-bond donors (Lipinski definition) is 0. The fourth-order valence-corrected chi connectivity index (χ4v) is 6.12. The number of amides is 1. The molecular weight excluding hydrogens is 479 g/mol. The van der Waals surface area contributed by atoms with E-state index in [0.29, 0.717) is 24.7 Å². The first-order chi connectivity index (χ1) is 16.4. The van der Waals surface area contributed by atoms with Gasteiger partial charge in [0, 0.05) is 30.4 Å². The molecule has 0 N–H and O–H groups in total. The molecule has 4 rings (SSSR count). The van der Waals surface area contributed by atoms with Crippen LogP contribution in [0.1, 0.15) is 32.3 Å². The molecule has 184 valence electrons. The lowest BCUT2D eigenvalue weighted by Crippen LogP contribution is -2.48. The zero-order valence-electron chi connectivity index (χ0n) is 19.2. The number of hydrogen-bond acceptors (Lipinski definition) is 5. The quantitative estimate of drug-likeness (QED) is 0.481. The standard InChI is InChI=1S/C25H24F3N3O3S/c1-24(2,35(33,34)21-5-3-4-19(14-21)25(26,27)28)18-11-13-31(23(32)15-18)20-8-6-17(7-9-20)22-10-12-29-16-30-22/h3-10,12,14,16,18H,11,13,15H2,1-2H3/t18-/m0/s1. The van der Waals surface area contributed by atoms with Crippen LogP contribution < -0.4 is 4.90 Å². The number of nitrogens with zero attached hydrogens (tertiary/aromatic N) is 3. The molecule has 0 aliphatic carbocycles. The van der Waals surface area contributed by atoms with E-state index in [1.165, 1.54) is 26.2 Å². The lowest BCUT2D eigenvalue weighted by molar-refractivity contribution is -0.137. The predicted octanol–water partition coefficient (Wildman–Crippen LogP) is 5.16. The van der Waals surface area contributed by atoms with E-state index in [9.17, 15) is 26.4 Å². The maximum atomic E-state index is 13.4. The zero-order chi connectivity index (χ0) is 25.4. The molecule has 1 fully saturated rings. The summed E-state index contributed by atoms with van der Waals surface area (Å²) in [5, 5.41) is 0. The van der Waals surface area contributed by atoms with Gasteiger partial charge in [-0.1, -0.05) is 18.2 Å². The number of piperidine rings is 1. The molecule has 0 bridgehead atoms. The number of carbonyl (C=O) groups is 1. The van der Waals surface area contributed by atoms with E-state index >= 15 is 0 Å². The van der Waals surface area contributed by atoms with Crippen molar-refractivity contribution in [3.63, 3.8) is 0 Å². The van der Waals surface area contributed by atoms with Crippen molar-refractivity contribution in [1.82, 2.24) is 9.97 Å². The van der Waals surface area contributed by atoms with E-state index in [2.05, 4.69) is 9.97 Å². The number of carbonyl (C=O) groups excluding carboxylic acids is 1. The number of anilines is 1. The number of rotatable bonds is 5. The molecule has 1 aliphatic rings. The van der Waals surface area contributed by atoms with E-state index in [0.717, 1.165) is 23.4 Å². The zero-order valence-corrected chi connectivity index (χ0v) is 20.0. The average molecular weight is 504 g/mol. The first-order valence-electron chi connectivity index (χ1n) is 11.0. The average Bonchev–Trinajstić information content (AvgIpc) is 2.84. The number of halogens is 3. The van der Waals surface area contributed by atoms with Crippen molar-refractivity contribution in [2.24, 2.45) is 5.92 Å². The molecule has 0 saturated carbocycles. The van der Waals surface area contributed by atoms with Gasteiger partial charge in [0.25, 0.3) is 0 Å². The van der Waals surface area contributed by atoms with E-state index in [1.807, 2.05) is 12.1 Å². The van der Waals surface area contributed by atoms with E-state index in [1.54, 1.807) is 29.3 Å². The third-order valence-corrected chi connectivity index (χ3v) is 9.22. The van der Waals surface area contributed by atoms with Crippen molar-refractivity contribution < 1.29 is 26.4 Å². The minimum Gasteiger partial charge on any atom is -0.312 e.